The van der Waals surface area contributed by atoms with Crippen molar-refractivity contribution in [3.8, 4) is 5.75 Å². The molecule has 8 heteroatoms. The number of nitrogens with zero attached hydrogens (tertiary/aromatic N) is 2. The largest absolute Gasteiger partial charge is 0.497 e. The maximum absolute atomic E-state index is 12.8. The van der Waals surface area contributed by atoms with Crippen LogP contribution < -0.4 is 15.5 Å². The molecular formula is C23H28N4O4. The number of carbonyl (C=O) groups is 3. The number of likely N-dealkylation sites (N-methyl/N-ethyl adjacent to an activating group) is 1. The Kier molecular flexibility index (Phi) is 6.91. The summed E-state index contributed by atoms with van der Waals surface area (Å²) in [5.74, 6) is -0.135. The highest BCUT2D eigenvalue weighted by Crippen LogP contribution is 2.22. The van der Waals surface area contributed by atoms with Gasteiger partial charge in [0, 0.05) is 6.54 Å². The minimum atomic E-state index is -1.06. The summed E-state index contributed by atoms with van der Waals surface area (Å²) < 4.78 is 5.14. The molecule has 1 atom stereocenters. The number of benzene rings is 2. The number of carbonyl (C=O) groups excluding carboxylic acids is 3. The molecule has 1 aliphatic rings. The topological polar surface area (TPSA) is 91.0 Å². The molecule has 0 radical (unpaired) electrons. The lowest BCUT2D eigenvalue weighted by Crippen LogP contribution is -2.51. The zero-order valence-corrected chi connectivity index (χ0v) is 18.1. The average Bonchev–Trinajstić information content (AvgIpc) is 2.97. The number of hydrazine groups is 1. The molecule has 31 heavy (non-hydrogen) atoms. The molecule has 0 spiro atoms. The highest BCUT2D eigenvalue weighted by molar-refractivity contribution is 6.07. The molecule has 2 aromatic carbocycles. The number of aryl methyl sites for hydroxylation is 1. The molecule has 1 heterocycles. The molecule has 0 saturated carbocycles. The van der Waals surface area contributed by atoms with Gasteiger partial charge in [-0.1, -0.05) is 42.5 Å². The molecule has 3 rings (SSSR count). The van der Waals surface area contributed by atoms with Crippen LogP contribution in [0.4, 0.5) is 4.79 Å². The third-order valence-corrected chi connectivity index (χ3v) is 5.28. The van der Waals surface area contributed by atoms with Crippen molar-refractivity contribution < 1.29 is 19.1 Å². The summed E-state index contributed by atoms with van der Waals surface area (Å²) in [5.41, 5.74) is 3.47. The van der Waals surface area contributed by atoms with Crippen LogP contribution in [0.5, 0.6) is 5.75 Å². The predicted octanol–water partition coefficient (Wildman–Crippen LogP) is 2.10. The normalized spacial score (nSPS) is 18.3. The molecule has 0 bridgehead atoms. The third-order valence-electron chi connectivity index (χ3n) is 5.28. The van der Waals surface area contributed by atoms with Gasteiger partial charge in [-0.2, -0.15) is 5.01 Å². The number of nitrogens with one attached hydrogen (secondary N) is 2. The van der Waals surface area contributed by atoms with E-state index in [0.29, 0.717) is 19.4 Å². The van der Waals surface area contributed by atoms with Crippen molar-refractivity contribution in [2.24, 2.45) is 0 Å². The second kappa shape index (κ2) is 9.61. The Bertz CT molecular complexity index is 932. The minimum absolute atomic E-state index is 0.0316. The van der Waals surface area contributed by atoms with Crippen LogP contribution >= 0.6 is 0 Å². The highest BCUT2D eigenvalue weighted by atomic mass is 16.5. The smallest absolute Gasteiger partial charge is 0.344 e. The number of urea groups is 1. The van der Waals surface area contributed by atoms with Crippen molar-refractivity contribution >= 4 is 17.8 Å². The van der Waals surface area contributed by atoms with Gasteiger partial charge in [0.25, 0.3) is 11.8 Å². The molecule has 1 saturated heterocycles. The highest BCUT2D eigenvalue weighted by Gasteiger charge is 2.48. The molecular weight excluding hydrogens is 396 g/mol. The summed E-state index contributed by atoms with van der Waals surface area (Å²) in [4.78, 5) is 39.4. The molecule has 1 aliphatic heterocycles. The fourth-order valence-corrected chi connectivity index (χ4v) is 3.50. The average molecular weight is 425 g/mol. The Balaban J connectivity index is 1.52. The second-order valence-corrected chi connectivity index (χ2v) is 7.94. The number of methoxy groups -OCH3 is 1. The molecule has 164 valence electrons. The summed E-state index contributed by atoms with van der Waals surface area (Å²) >= 11 is 0. The quantitative estimate of drug-likeness (QED) is 0.602. The zero-order valence-electron chi connectivity index (χ0n) is 18.1. The maximum Gasteiger partial charge on any atom is 0.344 e. The van der Waals surface area contributed by atoms with Crippen LogP contribution in [-0.4, -0.2) is 54.0 Å². The summed E-state index contributed by atoms with van der Waals surface area (Å²) in [6.45, 7) is 2.24. The van der Waals surface area contributed by atoms with Gasteiger partial charge in [0.05, 0.1) is 13.7 Å². The summed E-state index contributed by atoms with van der Waals surface area (Å²) in [6, 6.07) is 16.7. The molecule has 8 nitrogen and oxygen atoms in total. The molecule has 2 N–H and O–H groups in total. The van der Waals surface area contributed by atoms with Gasteiger partial charge in [-0.25, -0.2) is 4.79 Å². The number of hydrogen-bond donors (Lipinski definition) is 2. The Hall–Kier alpha value is -3.39. The Morgan fingerprint density at radius 2 is 1.77 bits per heavy atom. The first-order valence-corrected chi connectivity index (χ1v) is 10.1. The van der Waals surface area contributed by atoms with E-state index in [4.69, 9.17) is 4.74 Å². The van der Waals surface area contributed by atoms with E-state index in [-0.39, 0.29) is 6.54 Å². The van der Waals surface area contributed by atoms with Gasteiger partial charge >= 0.3 is 6.03 Å². The van der Waals surface area contributed by atoms with Gasteiger partial charge in [0.1, 0.15) is 11.3 Å². The lowest BCUT2D eigenvalue weighted by molar-refractivity contribution is -0.139. The van der Waals surface area contributed by atoms with Crippen molar-refractivity contribution in [1.82, 2.24) is 20.7 Å². The van der Waals surface area contributed by atoms with Crippen LogP contribution in [0.15, 0.2) is 54.6 Å². The summed E-state index contributed by atoms with van der Waals surface area (Å²) in [5, 5.41) is 3.49. The van der Waals surface area contributed by atoms with Crippen molar-refractivity contribution in [1.29, 1.82) is 0 Å². The first kappa shape index (κ1) is 22.3. The number of ether oxygens (including phenoxy) is 1. The summed E-state index contributed by atoms with van der Waals surface area (Å²) in [7, 11) is 3.40. The van der Waals surface area contributed by atoms with Gasteiger partial charge < -0.3 is 10.1 Å². The van der Waals surface area contributed by atoms with Crippen molar-refractivity contribution in [3.63, 3.8) is 0 Å². The van der Waals surface area contributed by atoms with E-state index < -0.39 is 23.4 Å². The number of rotatable bonds is 9. The monoisotopic (exact) mass is 424 g/mol. The van der Waals surface area contributed by atoms with Crippen molar-refractivity contribution in [3.05, 3.63) is 65.7 Å². The lowest BCUT2D eigenvalue weighted by atomic mass is 9.93. The number of imide groups is 1. The van der Waals surface area contributed by atoms with E-state index in [0.717, 1.165) is 21.9 Å². The van der Waals surface area contributed by atoms with E-state index in [1.165, 1.54) is 0 Å². The zero-order chi connectivity index (χ0) is 22.4. The fourth-order valence-electron chi connectivity index (χ4n) is 3.50. The van der Waals surface area contributed by atoms with Gasteiger partial charge in [-0.3, -0.25) is 19.9 Å². The maximum atomic E-state index is 12.8. The Morgan fingerprint density at radius 3 is 2.42 bits per heavy atom. The Labute approximate surface area is 182 Å². The first-order chi connectivity index (χ1) is 14.8. The molecule has 4 amide bonds. The second-order valence-electron chi connectivity index (χ2n) is 7.94. The van der Waals surface area contributed by atoms with Crippen LogP contribution in [-0.2, 0) is 22.6 Å². The van der Waals surface area contributed by atoms with E-state index in [1.54, 1.807) is 26.0 Å². The fraction of sp³-hybridized carbons (Fsp3) is 0.348. The van der Waals surface area contributed by atoms with E-state index >= 15 is 0 Å². The van der Waals surface area contributed by atoms with E-state index in [2.05, 4.69) is 10.7 Å². The van der Waals surface area contributed by atoms with Gasteiger partial charge in [-0.05, 0) is 50.1 Å². The summed E-state index contributed by atoms with van der Waals surface area (Å²) in [6.07, 6.45) is 1.07. The molecule has 2 aromatic rings. The first-order valence-electron chi connectivity index (χ1n) is 10.1. The molecule has 0 aliphatic carbocycles. The number of amides is 4. The molecule has 0 aromatic heterocycles. The van der Waals surface area contributed by atoms with Gasteiger partial charge in [-0.15, -0.1) is 0 Å². The standard InChI is InChI=1S/C23H28N4O4/c1-23(14-13-17-7-5-4-6-8-17)21(29)27(22(30)24-23)25-20(28)16-26(2)15-18-9-11-19(31-3)12-10-18/h4-12H,13-16H2,1-3H3,(H,24,30)(H,25,28). The lowest BCUT2D eigenvalue weighted by Gasteiger charge is -2.22. The van der Waals surface area contributed by atoms with Gasteiger partial charge in [0.2, 0.25) is 0 Å². The van der Waals surface area contributed by atoms with Crippen molar-refractivity contribution in [2.45, 2.75) is 31.8 Å². The van der Waals surface area contributed by atoms with Gasteiger partial charge in [0.15, 0.2) is 0 Å². The van der Waals surface area contributed by atoms with E-state index in [9.17, 15) is 14.4 Å². The predicted molar refractivity (Wildman–Crippen MR) is 116 cm³/mol. The molecule has 1 fully saturated rings. The van der Waals surface area contributed by atoms with Crippen LogP contribution in [0, 0.1) is 0 Å². The molecule has 1 unspecified atom stereocenters. The number of hydrogen-bond acceptors (Lipinski definition) is 5. The van der Waals surface area contributed by atoms with Crippen LogP contribution in [0.1, 0.15) is 24.5 Å². The van der Waals surface area contributed by atoms with Crippen molar-refractivity contribution in [2.75, 3.05) is 20.7 Å². The van der Waals surface area contributed by atoms with Crippen LogP contribution in [0.3, 0.4) is 0 Å². The Morgan fingerprint density at radius 1 is 1.10 bits per heavy atom. The minimum Gasteiger partial charge on any atom is -0.497 e. The SMILES string of the molecule is COc1ccc(CN(C)CC(=O)NN2C(=O)NC(C)(CCc3ccccc3)C2=O)cc1. The third kappa shape index (κ3) is 5.61. The van der Waals surface area contributed by atoms with Crippen LogP contribution in [0.2, 0.25) is 0 Å². The van der Waals surface area contributed by atoms with Crippen LogP contribution in [0.25, 0.3) is 0 Å². The van der Waals surface area contributed by atoms with E-state index in [1.807, 2.05) is 54.6 Å².